The van der Waals surface area contributed by atoms with Gasteiger partial charge in [0, 0.05) is 6.54 Å². The molecule has 0 aliphatic carbocycles. The molecule has 24 heavy (non-hydrogen) atoms. The van der Waals surface area contributed by atoms with Crippen molar-refractivity contribution in [3.8, 4) is 0 Å². The average molecular weight is 343 g/mol. The third kappa shape index (κ3) is 12.0. The van der Waals surface area contributed by atoms with Gasteiger partial charge in [-0.3, -0.25) is 0 Å². The molecule has 0 radical (unpaired) electrons. The molecule has 0 saturated carbocycles. The van der Waals surface area contributed by atoms with Crippen LogP contribution in [0.4, 0.5) is 0 Å². The van der Waals surface area contributed by atoms with Crippen molar-refractivity contribution in [2.24, 2.45) is 33.8 Å². The van der Waals surface area contributed by atoms with Gasteiger partial charge in [0.15, 0.2) is 0 Å². The quantitative estimate of drug-likeness (QED) is 0.384. The van der Waals surface area contributed by atoms with Crippen molar-refractivity contribution in [3.05, 3.63) is 12.2 Å². The van der Waals surface area contributed by atoms with Gasteiger partial charge in [0.05, 0.1) is 0 Å². The Bertz CT molecular complexity index is 277. The van der Waals surface area contributed by atoms with Crippen molar-refractivity contribution in [3.63, 3.8) is 0 Å². The topological polar surface area (TPSA) is 104 Å². The fourth-order valence-corrected chi connectivity index (χ4v) is 3.02. The zero-order valence-electron chi connectivity index (χ0n) is 16.9. The van der Waals surface area contributed by atoms with E-state index < -0.39 is 0 Å². The minimum atomic E-state index is 0.161. The number of rotatable bonds is 13. The van der Waals surface area contributed by atoms with E-state index in [-0.39, 0.29) is 5.41 Å². The lowest BCUT2D eigenvalue weighted by molar-refractivity contribution is 0.228. The third-order valence-corrected chi connectivity index (χ3v) is 5.14. The molecule has 4 heteroatoms. The Labute approximate surface area is 151 Å². The van der Waals surface area contributed by atoms with Crippen LogP contribution < -0.4 is 22.9 Å². The van der Waals surface area contributed by atoms with Crippen LogP contribution in [-0.2, 0) is 0 Å². The Balaban J connectivity index is 0. The summed E-state index contributed by atoms with van der Waals surface area (Å²) in [7, 11) is 0. The first-order valence-corrected chi connectivity index (χ1v) is 9.87. The first-order chi connectivity index (χ1) is 11.4. The van der Waals surface area contributed by atoms with Gasteiger partial charge in [-0.05, 0) is 75.9 Å². The maximum Gasteiger partial charge on any atom is 0.00115 e. The van der Waals surface area contributed by atoms with Gasteiger partial charge in [0.2, 0.25) is 0 Å². The Hall–Kier alpha value is -0.420. The van der Waals surface area contributed by atoms with Crippen LogP contribution in [0.2, 0.25) is 0 Å². The Morgan fingerprint density at radius 3 is 1.71 bits per heavy atom. The molecular formula is C20H46N4. The highest BCUT2D eigenvalue weighted by molar-refractivity contribution is 4.96. The SMILES string of the molecule is C/C=C\C(C)(CN)CCCN.CCCCC(CC)(CN)CCCN. The van der Waals surface area contributed by atoms with E-state index in [1.807, 2.05) is 6.92 Å². The van der Waals surface area contributed by atoms with Crippen LogP contribution in [0.15, 0.2) is 12.2 Å². The highest BCUT2D eigenvalue weighted by atomic mass is 14.6. The normalized spacial score (nSPS) is 16.3. The standard InChI is InChI=1S/C11H26N2.C9H20N2/c1-3-5-7-11(4-2,10-13)8-6-9-12;1-3-5-9(2,8-11)6-4-7-10/h3-10,12-13H2,1-2H3;3,5H,4,6-8,10-11H2,1-2H3/b;5-3-. The fraction of sp³-hybridized carbons (Fsp3) is 0.900. The third-order valence-electron chi connectivity index (χ3n) is 5.14. The lowest BCUT2D eigenvalue weighted by Gasteiger charge is -2.31. The summed E-state index contributed by atoms with van der Waals surface area (Å²) < 4.78 is 0. The molecule has 146 valence electrons. The van der Waals surface area contributed by atoms with E-state index in [1.54, 1.807) is 0 Å². The van der Waals surface area contributed by atoms with E-state index in [2.05, 4.69) is 32.9 Å². The number of hydrogen-bond donors (Lipinski definition) is 4. The number of unbranched alkanes of at least 4 members (excludes halogenated alkanes) is 1. The molecule has 0 aromatic heterocycles. The summed E-state index contributed by atoms with van der Waals surface area (Å²) in [5.74, 6) is 0. The van der Waals surface area contributed by atoms with Crippen molar-refractivity contribution in [1.82, 2.24) is 0 Å². The molecule has 0 aromatic rings. The molecule has 0 fully saturated rings. The van der Waals surface area contributed by atoms with Gasteiger partial charge < -0.3 is 22.9 Å². The second-order valence-electron chi connectivity index (χ2n) is 7.30. The van der Waals surface area contributed by atoms with E-state index in [0.29, 0.717) is 12.0 Å². The van der Waals surface area contributed by atoms with Gasteiger partial charge in [-0.25, -0.2) is 0 Å². The van der Waals surface area contributed by atoms with Gasteiger partial charge in [0.1, 0.15) is 0 Å². The fourth-order valence-electron chi connectivity index (χ4n) is 3.02. The lowest BCUT2D eigenvalue weighted by atomic mass is 9.76. The van der Waals surface area contributed by atoms with Gasteiger partial charge in [-0.1, -0.05) is 45.8 Å². The van der Waals surface area contributed by atoms with Crippen LogP contribution >= 0.6 is 0 Å². The second kappa shape index (κ2) is 16.1. The summed E-state index contributed by atoms with van der Waals surface area (Å²) in [6, 6.07) is 0. The van der Waals surface area contributed by atoms with Crippen LogP contribution in [0.1, 0.15) is 79.1 Å². The summed E-state index contributed by atoms with van der Waals surface area (Å²) in [5.41, 5.74) is 23.0. The second-order valence-corrected chi connectivity index (χ2v) is 7.30. The smallest absolute Gasteiger partial charge is 0.00115 e. The zero-order valence-corrected chi connectivity index (χ0v) is 16.9. The van der Waals surface area contributed by atoms with Crippen LogP contribution in [0.25, 0.3) is 0 Å². The van der Waals surface area contributed by atoms with Crippen molar-refractivity contribution >= 4 is 0 Å². The van der Waals surface area contributed by atoms with Gasteiger partial charge in [-0.2, -0.15) is 0 Å². The van der Waals surface area contributed by atoms with Crippen molar-refractivity contribution in [2.45, 2.75) is 79.1 Å². The summed E-state index contributed by atoms with van der Waals surface area (Å²) in [4.78, 5) is 0. The van der Waals surface area contributed by atoms with Crippen LogP contribution in [0, 0.1) is 10.8 Å². The summed E-state index contributed by atoms with van der Waals surface area (Å²) >= 11 is 0. The average Bonchev–Trinajstić information content (AvgIpc) is 2.61. The lowest BCUT2D eigenvalue weighted by Crippen LogP contribution is -2.30. The molecule has 2 unspecified atom stereocenters. The number of allylic oxidation sites excluding steroid dienone is 1. The molecule has 8 N–H and O–H groups in total. The van der Waals surface area contributed by atoms with E-state index in [1.165, 1.54) is 32.1 Å². The highest BCUT2D eigenvalue weighted by Crippen LogP contribution is 2.32. The zero-order chi connectivity index (χ0) is 18.9. The first kappa shape index (κ1) is 25.8. The van der Waals surface area contributed by atoms with E-state index in [4.69, 9.17) is 22.9 Å². The number of hydrogen-bond acceptors (Lipinski definition) is 4. The molecule has 0 aromatic carbocycles. The molecule has 4 nitrogen and oxygen atoms in total. The Morgan fingerprint density at radius 1 is 0.792 bits per heavy atom. The summed E-state index contributed by atoms with van der Waals surface area (Å²) in [5, 5.41) is 0. The van der Waals surface area contributed by atoms with E-state index in [9.17, 15) is 0 Å². The number of nitrogens with two attached hydrogens (primary N) is 4. The summed E-state index contributed by atoms with van der Waals surface area (Å²) in [6.45, 7) is 11.8. The molecule has 0 spiro atoms. The minimum absolute atomic E-state index is 0.161. The van der Waals surface area contributed by atoms with Crippen molar-refractivity contribution < 1.29 is 0 Å². The summed E-state index contributed by atoms with van der Waals surface area (Å²) in [6.07, 6.45) is 13.7. The predicted octanol–water partition coefficient (Wildman–Crippen LogP) is 3.54. The van der Waals surface area contributed by atoms with Crippen LogP contribution in [0.5, 0.6) is 0 Å². The molecule has 0 saturated heterocycles. The molecule has 0 heterocycles. The predicted molar refractivity (Wildman–Crippen MR) is 110 cm³/mol. The Morgan fingerprint density at radius 2 is 1.33 bits per heavy atom. The van der Waals surface area contributed by atoms with E-state index in [0.717, 1.165) is 38.9 Å². The van der Waals surface area contributed by atoms with Crippen LogP contribution in [-0.4, -0.2) is 26.2 Å². The largest absolute Gasteiger partial charge is 0.330 e. The molecule has 2 atom stereocenters. The van der Waals surface area contributed by atoms with Crippen LogP contribution in [0.3, 0.4) is 0 Å². The minimum Gasteiger partial charge on any atom is -0.330 e. The van der Waals surface area contributed by atoms with Gasteiger partial charge in [-0.15, -0.1) is 0 Å². The molecule has 0 bridgehead atoms. The van der Waals surface area contributed by atoms with Gasteiger partial charge in [0.25, 0.3) is 0 Å². The molecule has 0 rings (SSSR count). The molecule has 0 aliphatic heterocycles. The maximum atomic E-state index is 5.86. The monoisotopic (exact) mass is 342 g/mol. The van der Waals surface area contributed by atoms with Gasteiger partial charge >= 0.3 is 0 Å². The van der Waals surface area contributed by atoms with E-state index >= 15 is 0 Å². The Kier molecular flexibility index (Phi) is 17.3. The maximum absolute atomic E-state index is 5.86. The van der Waals surface area contributed by atoms with Crippen molar-refractivity contribution in [2.75, 3.05) is 26.2 Å². The molecule has 0 amide bonds. The molecule has 0 aliphatic rings. The first-order valence-electron chi connectivity index (χ1n) is 9.87. The highest BCUT2D eigenvalue weighted by Gasteiger charge is 2.24. The molecular weight excluding hydrogens is 296 g/mol. The van der Waals surface area contributed by atoms with Crippen molar-refractivity contribution in [1.29, 1.82) is 0 Å².